The van der Waals surface area contributed by atoms with E-state index in [1.165, 1.54) is 81.1 Å². The summed E-state index contributed by atoms with van der Waals surface area (Å²) >= 11 is 1.75. The zero-order chi connectivity index (χ0) is 30.0. The summed E-state index contributed by atoms with van der Waals surface area (Å²) in [6.07, 6.45) is 18.5. The van der Waals surface area contributed by atoms with Crippen molar-refractivity contribution >= 4 is 22.9 Å². The van der Waals surface area contributed by atoms with Crippen molar-refractivity contribution in [3.63, 3.8) is 0 Å². The molecule has 0 aliphatic heterocycles. The number of carbonyl (C=O) groups is 1. The second-order valence-corrected chi connectivity index (χ2v) is 12.4. The van der Waals surface area contributed by atoms with Gasteiger partial charge in [-0.2, -0.15) is 4.57 Å². The molecule has 0 fully saturated rings. The van der Waals surface area contributed by atoms with Crippen LogP contribution in [-0.4, -0.2) is 19.6 Å². The molecule has 0 saturated heterocycles. The summed E-state index contributed by atoms with van der Waals surface area (Å²) in [7, 11) is 1.68. The van der Waals surface area contributed by atoms with E-state index in [9.17, 15) is 4.79 Å². The third kappa shape index (κ3) is 13.4. The lowest BCUT2D eigenvalue weighted by Gasteiger charge is -2.23. The number of hydrogen-bond acceptors (Lipinski definition) is 4. The van der Waals surface area contributed by atoms with Gasteiger partial charge < -0.3 is 31.4 Å². The zero-order valence-corrected chi connectivity index (χ0v) is 29.3. The molecule has 0 atom stereocenters. The summed E-state index contributed by atoms with van der Waals surface area (Å²) in [6, 6.07) is 14.3. The van der Waals surface area contributed by atoms with Gasteiger partial charge in [0.2, 0.25) is 11.4 Å². The standard InChI is InChI=1S/C36H53N2O3S.BrH/c1-5-7-8-9-10-11-12-13-14-15-16-17-24-41-35-25-32(20-23-34(35)40-4)28-38(36(39)6-2)33-21-18-31(19-22-33)27-37-26-30(3)42-29-37;/h18-23,25-26,29H,5-17,24,27-28H2,1-4H3;1H/q+1;/p-1. The van der Waals surface area contributed by atoms with Crippen molar-refractivity contribution in [2.24, 2.45) is 0 Å². The minimum atomic E-state index is 0. The quantitative estimate of drug-likeness (QED) is 0.0968. The highest BCUT2D eigenvalue weighted by Gasteiger charge is 2.17. The molecule has 0 aliphatic rings. The summed E-state index contributed by atoms with van der Waals surface area (Å²) in [5.74, 6) is 1.58. The second kappa shape index (κ2) is 21.3. The SMILES string of the molecule is CCCCCCCCCCCCCCOc1cc(CN(C(=O)CC)c2ccc(C[n+]3csc(C)c3)cc2)ccc1OC.[Br-]. The van der Waals surface area contributed by atoms with E-state index in [4.69, 9.17) is 9.47 Å². The number of benzene rings is 2. The van der Waals surface area contributed by atoms with Gasteiger partial charge in [-0.05, 0) is 43.2 Å². The van der Waals surface area contributed by atoms with Gasteiger partial charge in [0, 0.05) is 17.7 Å². The van der Waals surface area contributed by atoms with E-state index >= 15 is 0 Å². The van der Waals surface area contributed by atoms with E-state index in [0.29, 0.717) is 19.6 Å². The number of thiazole rings is 1. The van der Waals surface area contributed by atoms with Crippen LogP contribution in [0.2, 0.25) is 0 Å². The van der Waals surface area contributed by atoms with Crippen LogP contribution in [0.5, 0.6) is 11.5 Å². The number of hydrogen-bond donors (Lipinski definition) is 0. The van der Waals surface area contributed by atoms with Gasteiger partial charge in [-0.15, -0.1) is 0 Å². The molecule has 7 heteroatoms. The molecule has 2 aromatic carbocycles. The first kappa shape index (κ1) is 36.8. The minimum Gasteiger partial charge on any atom is -1.00 e. The fourth-order valence-corrected chi connectivity index (χ4v) is 5.91. The minimum absolute atomic E-state index is 0. The normalized spacial score (nSPS) is 10.8. The molecule has 238 valence electrons. The Kier molecular flexibility index (Phi) is 18.3. The van der Waals surface area contributed by atoms with Crippen LogP contribution in [0.15, 0.2) is 54.2 Å². The van der Waals surface area contributed by atoms with Crippen molar-refractivity contribution in [2.75, 3.05) is 18.6 Å². The van der Waals surface area contributed by atoms with E-state index in [1.807, 2.05) is 30.0 Å². The molecule has 1 heterocycles. The van der Waals surface area contributed by atoms with Crippen LogP contribution in [0, 0.1) is 6.92 Å². The maximum atomic E-state index is 13.0. The zero-order valence-electron chi connectivity index (χ0n) is 26.9. The van der Waals surface area contributed by atoms with E-state index in [1.54, 1.807) is 18.4 Å². The Hall–Kier alpha value is -2.38. The fraction of sp³-hybridized carbons (Fsp3) is 0.556. The number of rotatable bonds is 21. The maximum absolute atomic E-state index is 13.0. The largest absolute Gasteiger partial charge is 1.00 e. The number of halogens is 1. The van der Waals surface area contributed by atoms with Crippen molar-refractivity contribution in [1.82, 2.24) is 0 Å². The molecule has 0 N–H and O–H groups in total. The lowest BCUT2D eigenvalue weighted by atomic mass is 10.1. The van der Waals surface area contributed by atoms with Crippen molar-refractivity contribution in [3.8, 4) is 11.5 Å². The topological polar surface area (TPSA) is 42.7 Å². The fourth-order valence-electron chi connectivity index (χ4n) is 5.27. The van der Waals surface area contributed by atoms with Crippen LogP contribution in [0.1, 0.15) is 113 Å². The third-order valence-corrected chi connectivity index (χ3v) is 8.62. The molecule has 3 rings (SSSR count). The summed E-state index contributed by atoms with van der Waals surface area (Å²) < 4.78 is 14.0. The van der Waals surface area contributed by atoms with Gasteiger partial charge in [0.25, 0.3) is 0 Å². The van der Waals surface area contributed by atoms with E-state index < -0.39 is 0 Å². The molecule has 0 bridgehead atoms. The van der Waals surface area contributed by atoms with Gasteiger partial charge >= 0.3 is 0 Å². The van der Waals surface area contributed by atoms with E-state index in [-0.39, 0.29) is 22.9 Å². The van der Waals surface area contributed by atoms with Gasteiger partial charge in [0.1, 0.15) is 0 Å². The van der Waals surface area contributed by atoms with Gasteiger partial charge in [-0.3, -0.25) is 4.79 Å². The molecule has 5 nitrogen and oxygen atoms in total. The van der Waals surface area contributed by atoms with Crippen molar-refractivity contribution in [1.29, 1.82) is 0 Å². The number of aryl methyl sites for hydroxylation is 1. The van der Waals surface area contributed by atoms with Crippen LogP contribution in [-0.2, 0) is 17.9 Å². The molecule has 1 aromatic heterocycles. The Balaban J connectivity index is 0.00000645. The Morgan fingerprint density at radius 2 is 1.42 bits per heavy atom. The van der Waals surface area contributed by atoms with E-state index in [2.05, 4.69) is 54.4 Å². The number of anilines is 1. The van der Waals surface area contributed by atoms with Crippen LogP contribution in [0.3, 0.4) is 0 Å². The Morgan fingerprint density at radius 3 is 1.98 bits per heavy atom. The molecule has 0 spiro atoms. The number of aromatic nitrogens is 1. The average Bonchev–Trinajstić information content (AvgIpc) is 3.42. The number of ether oxygens (including phenoxy) is 2. The number of methoxy groups -OCH3 is 1. The Labute approximate surface area is 275 Å². The number of unbranched alkanes of at least 4 members (excludes halogenated alkanes) is 11. The summed E-state index contributed by atoms with van der Waals surface area (Å²) in [4.78, 5) is 16.1. The third-order valence-electron chi connectivity index (χ3n) is 7.76. The van der Waals surface area contributed by atoms with Gasteiger partial charge in [0.15, 0.2) is 24.2 Å². The van der Waals surface area contributed by atoms with Crippen molar-refractivity contribution in [2.45, 2.75) is 117 Å². The molecule has 0 radical (unpaired) electrons. The second-order valence-electron chi connectivity index (χ2n) is 11.4. The number of amides is 1. The van der Waals surface area contributed by atoms with Gasteiger partial charge in [0.05, 0.1) is 25.1 Å². The predicted molar refractivity (Wildman–Crippen MR) is 176 cm³/mol. The Morgan fingerprint density at radius 1 is 0.814 bits per heavy atom. The smallest absolute Gasteiger partial charge is 0.227 e. The average molecular weight is 674 g/mol. The van der Waals surface area contributed by atoms with Crippen LogP contribution >= 0.6 is 11.3 Å². The first-order chi connectivity index (χ1) is 20.5. The highest BCUT2D eigenvalue weighted by atomic mass is 79.9. The summed E-state index contributed by atoms with van der Waals surface area (Å²) in [5.41, 5.74) is 5.28. The molecule has 0 saturated carbocycles. The molecule has 1 amide bonds. The number of nitrogens with zero attached hydrogens (tertiary/aromatic N) is 2. The van der Waals surface area contributed by atoms with E-state index in [0.717, 1.165) is 35.7 Å². The number of carbonyl (C=O) groups excluding carboxylic acids is 1. The summed E-state index contributed by atoms with van der Waals surface area (Å²) in [6.45, 7) is 8.30. The van der Waals surface area contributed by atoms with Crippen LogP contribution in [0.25, 0.3) is 0 Å². The first-order valence-electron chi connectivity index (χ1n) is 16.2. The monoisotopic (exact) mass is 672 g/mol. The molecule has 0 unspecified atom stereocenters. The predicted octanol–water partition coefficient (Wildman–Crippen LogP) is 6.43. The Bertz CT molecular complexity index is 1180. The highest BCUT2D eigenvalue weighted by Crippen LogP contribution is 2.30. The lowest BCUT2D eigenvalue weighted by molar-refractivity contribution is -0.683. The van der Waals surface area contributed by atoms with Crippen molar-refractivity contribution < 1.29 is 35.8 Å². The molecule has 0 aliphatic carbocycles. The van der Waals surface area contributed by atoms with Crippen molar-refractivity contribution in [3.05, 3.63) is 70.2 Å². The van der Waals surface area contributed by atoms with Crippen LogP contribution < -0.4 is 35.9 Å². The molecule has 3 aromatic rings. The first-order valence-corrected chi connectivity index (χ1v) is 17.0. The summed E-state index contributed by atoms with van der Waals surface area (Å²) in [5, 5.41) is 0. The van der Waals surface area contributed by atoms with Gasteiger partial charge in [-0.1, -0.05) is 114 Å². The molecular formula is C36H53BrN2O3S. The lowest BCUT2D eigenvalue weighted by Crippen LogP contribution is -3.00. The maximum Gasteiger partial charge on any atom is 0.227 e. The molecule has 43 heavy (non-hydrogen) atoms. The van der Waals surface area contributed by atoms with Crippen LogP contribution in [0.4, 0.5) is 5.69 Å². The highest BCUT2D eigenvalue weighted by molar-refractivity contribution is 7.09. The molecular weight excluding hydrogens is 620 g/mol. The van der Waals surface area contributed by atoms with Gasteiger partial charge in [-0.25, -0.2) is 0 Å².